The average Bonchev–Trinajstić information content (AvgIpc) is 2.34. The van der Waals surface area contributed by atoms with Gasteiger partial charge < -0.3 is 20.5 Å². The van der Waals surface area contributed by atoms with Crippen LogP contribution in [0.2, 0.25) is 0 Å². The van der Waals surface area contributed by atoms with Crippen LogP contribution in [0.1, 0.15) is 24.2 Å². The molecule has 5 heteroatoms. The van der Waals surface area contributed by atoms with Gasteiger partial charge in [-0.05, 0) is 26.0 Å². The molecule has 1 aromatic rings. The zero-order valence-electron chi connectivity index (χ0n) is 11.0. The molecule has 1 aromatic carbocycles. The zero-order chi connectivity index (χ0) is 13.7. The van der Waals surface area contributed by atoms with E-state index in [0.29, 0.717) is 17.0 Å². The third-order valence-corrected chi connectivity index (χ3v) is 2.71. The minimum absolute atomic E-state index is 0.00390. The Bertz CT molecular complexity index is 419. The molecular formula is C13H20N2O3. The molecule has 0 saturated heterocycles. The van der Waals surface area contributed by atoms with Crippen molar-refractivity contribution in [3.8, 4) is 5.75 Å². The van der Waals surface area contributed by atoms with E-state index in [9.17, 15) is 4.79 Å². The summed E-state index contributed by atoms with van der Waals surface area (Å²) in [5.74, 6) is 0.189. The van der Waals surface area contributed by atoms with Gasteiger partial charge in [-0.25, -0.2) is 0 Å². The maximum atomic E-state index is 12.4. The number of nitrogens with two attached hydrogens (primary N) is 1. The number of carbonyl (C=O) groups excluding carboxylic acids is 1. The van der Waals surface area contributed by atoms with E-state index in [4.69, 9.17) is 15.6 Å². The molecule has 0 aliphatic carbocycles. The molecule has 0 aromatic heterocycles. The summed E-state index contributed by atoms with van der Waals surface area (Å²) in [5, 5.41) is 9.01. The quantitative estimate of drug-likeness (QED) is 0.770. The zero-order valence-corrected chi connectivity index (χ0v) is 11.0. The number of benzene rings is 1. The second kappa shape index (κ2) is 6.26. The molecule has 0 aliphatic rings. The van der Waals surface area contributed by atoms with E-state index in [1.165, 1.54) is 7.11 Å². The van der Waals surface area contributed by atoms with Gasteiger partial charge in [0.2, 0.25) is 0 Å². The predicted octanol–water partition coefficient (Wildman–Crippen LogP) is 1.12. The monoisotopic (exact) mass is 252 g/mol. The predicted molar refractivity (Wildman–Crippen MR) is 70.7 cm³/mol. The van der Waals surface area contributed by atoms with Crippen molar-refractivity contribution in [1.29, 1.82) is 0 Å². The van der Waals surface area contributed by atoms with E-state index >= 15 is 0 Å². The van der Waals surface area contributed by atoms with Crippen molar-refractivity contribution in [2.45, 2.75) is 19.9 Å². The largest absolute Gasteiger partial charge is 0.494 e. The number of aliphatic hydroxyl groups is 1. The van der Waals surface area contributed by atoms with Gasteiger partial charge in [-0.3, -0.25) is 4.79 Å². The Morgan fingerprint density at radius 1 is 1.50 bits per heavy atom. The van der Waals surface area contributed by atoms with Crippen LogP contribution in [0, 0.1) is 0 Å². The number of hydrogen-bond acceptors (Lipinski definition) is 4. The van der Waals surface area contributed by atoms with Gasteiger partial charge in [0, 0.05) is 12.6 Å². The molecular weight excluding hydrogens is 232 g/mol. The van der Waals surface area contributed by atoms with Gasteiger partial charge in [-0.2, -0.15) is 0 Å². The summed E-state index contributed by atoms with van der Waals surface area (Å²) >= 11 is 0. The first-order valence-electron chi connectivity index (χ1n) is 5.87. The summed E-state index contributed by atoms with van der Waals surface area (Å²) < 4.78 is 5.17. The Labute approximate surface area is 107 Å². The standard InChI is InChI=1S/C13H20N2O3/c1-9(2)15(7-8-16)13(17)10-5-4-6-11(14)12(10)18-3/h4-6,9,16H,7-8,14H2,1-3H3. The Morgan fingerprint density at radius 2 is 2.17 bits per heavy atom. The minimum Gasteiger partial charge on any atom is -0.494 e. The number of methoxy groups -OCH3 is 1. The lowest BCUT2D eigenvalue weighted by molar-refractivity contribution is 0.0662. The number of para-hydroxylation sites is 1. The summed E-state index contributed by atoms with van der Waals surface area (Å²) in [4.78, 5) is 14.0. The second-order valence-corrected chi connectivity index (χ2v) is 4.24. The van der Waals surface area contributed by atoms with Crippen LogP contribution in [0.5, 0.6) is 5.75 Å². The number of nitrogens with zero attached hydrogens (tertiary/aromatic N) is 1. The van der Waals surface area contributed by atoms with E-state index in [1.54, 1.807) is 23.1 Å². The molecule has 0 bridgehead atoms. The highest BCUT2D eigenvalue weighted by Crippen LogP contribution is 2.27. The fraction of sp³-hybridized carbons (Fsp3) is 0.462. The molecule has 0 radical (unpaired) electrons. The maximum absolute atomic E-state index is 12.4. The third-order valence-electron chi connectivity index (χ3n) is 2.71. The smallest absolute Gasteiger partial charge is 0.258 e. The van der Waals surface area contributed by atoms with Gasteiger partial charge in [-0.1, -0.05) is 6.07 Å². The topological polar surface area (TPSA) is 75.8 Å². The van der Waals surface area contributed by atoms with Crippen molar-refractivity contribution in [3.63, 3.8) is 0 Å². The van der Waals surface area contributed by atoms with Gasteiger partial charge in [0.15, 0.2) is 5.75 Å². The van der Waals surface area contributed by atoms with Crippen molar-refractivity contribution in [3.05, 3.63) is 23.8 Å². The molecule has 0 spiro atoms. The van der Waals surface area contributed by atoms with Gasteiger partial charge in [0.05, 0.1) is 25.0 Å². The molecule has 100 valence electrons. The van der Waals surface area contributed by atoms with Crippen LogP contribution in [-0.4, -0.2) is 42.2 Å². The summed E-state index contributed by atoms with van der Waals surface area (Å²) in [6, 6.07) is 5.06. The molecule has 0 atom stereocenters. The first-order chi connectivity index (χ1) is 8.52. The SMILES string of the molecule is COc1c(N)cccc1C(=O)N(CCO)C(C)C. The van der Waals surface area contributed by atoms with Gasteiger partial charge >= 0.3 is 0 Å². The Kier molecular flexibility index (Phi) is 4.97. The molecule has 0 unspecified atom stereocenters. The van der Waals surface area contributed by atoms with E-state index in [1.807, 2.05) is 13.8 Å². The van der Waals surface area contributed by atoms with Crippen molar-refractivity contribution in [2.24, 2.45) is 0 Å². The highest BCUT2D eigenvalue weighted by molar-refractivity contribution is 5.98. The van der Waals surface area contributed by atoms with Crippen LogP contribution in [0.3, 0.4) is 0 Å². The first-order valence-corrected chi connectivity index (χ1v) is 5.87. The van der Waals surface area contributed by atoms with Crippen LogP contribution >= 0.6 is 0 Å². The highest BCUT2D eigenvalue weighted by atomic mass is 16.5. The summed E-state index contributed by atoms with van der Waals surface area (Å²) in [6.45, 7) is 4.00. The molecule has 1 rings (SSSR count). The number of hydrogen-bond donors (Lipinski definition) is 2. The molecule has 3 N–H and O–H groups in total. The third kappa shape index (κ3) is 2.92. The average molecular weight is 252 g/mol. The second-order valence-electron chi connectivity index (χ2n) is 4.24. The van der Waals surface area contributed by atoms with Gasteiger partial charge in [-0.15, -0.1) is 0 Å². The normalized spacial score (nSPS) is 10.5. The number of aliphatic hydroxyl groups excluding tert-OH is 1. The Hall–Kier alpha value is -1.75. The summed E-state index contributed by atoms with van der Waals surface area (Å²) in [5.41, 5.74) is 6.62. The van der Waals surface area contributed by atoms with Gasteiger partial charge in [0.1, 0.15) is 0 Å². The van der Waals surface area contributed by atoms with Gasteiger partial charge in [0.25, 0.3) is 5.91 Å². The number of rotatable bonds is 5. The lowest BCUT2D eigenvalue weighted by Gasteiger charge is -2.26. The van der Waals surface area contributed by atoms with Crippen molar-refractivity contribution in [1.82, 2.24) is 4.90 Å². The van der Waals surface area contributed by atoms with E-state index in [-0.39, 0.29) is 25.1 Å². The molecule has 0 heterocycles. The molecule has 0 saturated carbocycles. The number of ether oxygens (including phenoxy) is 1. The lowest BCUT2D eigenvalue weighted by Crippen LogP contribution is -2.39. The number of amides is 1. The number of anilines is 1. The summed E-state index contributed by atoms with van der Waals surface area (Å²) in [6.07, 6.45) is 0. The fourth-order valence-electron chi connectivity index (χ4n) is 1.81. The highest BCUT2D eigenvalue weighted by Gasteiger charge is 2.22. The van der Waals surface area contributed by atoms with Crippen LogP contribution in [0.25, 0.3) is 0 Å². The van der Waals surface area contributed by atoms with E-state index in [2.05, 4.69) is 0 Å². The van der Waals surface area contributed by atoms with Crippen molar-refractivity contribution >= 4 is 11.6 Å². The van der Waals surface area contributed by atoms with Crippen LogP contribution in [0.15, 0.2) is 18.2 Å². The Balaban J connectivity index is 3.12. The van der Waals surface area contributed by atoms with Crippen molar-refractivity contribution in [2.75, 3.05) is 26.0 Å². The fourth-order valence-corrected chi connectivity index (χ4v) is 1.81. The molecule has 1 amide bonds. The van der Waals surface area contributed by atoms with Crippen LogP contribution in [0.4, 0.5) is 5.69 Å². The van der Waals surface area contributed by atoms with E-state index < -0.39 is 0 Å². The van der Waals surface area contributed by atoms with Crippen molar-refractivity contribution < 1.29 is 14.6 Å². The minimum atomic E-state index is -0.191. The Morgan fingerprint density at radius 3 is 2.67 bits per heavy atom. The molecule has 0 fully saturated rings. The van der Waals surface area contributed by atoms with Crippen LogP contribution < -0.4 is 10.5 Å². The van der Waals surface area contributed by atoms with E-state index in [0.717, 1.165) is 0 Å². The number of nitrogen functional groups attached to an aromatic ring is 1. The summed E-state index contributed by atoms with van der Waals surface area (Å²) in [7, 11) is 1.48. The molecule has 18 heavy (non-hydrogen) atoms. The molecule has 0 aliphatic heterocycles. The molecule has 5 nitrogen and oxygen atoms in total. The first kappa shape index (κ1) is 14.3. The maximum Gasteiger partial charge on any atom is 0.258 e. The number of carbonyl (C=O) groups is 1. The lowest BCUT2D eigenvalue weighted by atomic mass is 10.1. The van der Waals surface area contributed by atoms with Crippen LogP contribution in [-0.2, 0) is 0 Å².